The van der Waals surface area contributed by atoms with E-state index in [1.165, 1.54) is 8.66 Å². The van der Waals surface area contributed by atoms with Crippen LogP contribution < -0.4 is 11.1 Å². The maximum atomic E-state index is 5.89. The second-order valence-electron chi connectivity index (χ2n) is 3.39. The minimum Gasteiger partial charge on any atom is -0.327 e. The molecule has 0 saturated carbocycles. The van der Waals surface area contributed by atoms with Crippen LogP contribution in [-0.4, -0.2) is 12.6 Å². The number of nitrogens with one attached hydrogen (secondary N) is 1. The average molecular weight is 277 g/mol. The molecule has 14 heavy (non-hydrogen) atoms. The molecule has 1 heterocycles. The second kappa shape index (κ2) is 6.56. The van der Waals surface area contributed by atoms with E-state index >= 15 is 0 Å². The van der Waals surface area contributed by atoms with E-state index in [1.54, 1.807) is 11.3 Å². The molecule has 0 bridgehead atoms. The standard InChI is InChI=1S/C10H17BrN2S/c1-2-3-8(12)6-13-7-9-4-5-10(11)14-9/h4-5,8,13H,2-3,6-7,12H2,1H3. The Morgan fingerprint density at radius 3 is 2.93 bits per heavy atom. The van der Waals surface area contributed by atoms with Crippen molar-refractivity contribution >= 4 is 27.3 Å². The Kier molecular flexibility index (Phi) is 5.70. The van der Waals surface area contributed by atoms with Gasteiger partial charge in [0.15, 0.2) is 0 Å². The minimum absolute atomic E-state index is 0.295. The lowest BCUT2D eigenvalue weighted by molar-refractivity contribution is 0.540. The van der Waals surface area contributed by atoms with Crippen molar-refractivity contribution in [2.24, 2.45) is 5.73 Å². The summed E-state index contributed by atoms with van der Waals surface area (Å²) >= 11 is 5.21. The Morgan fingerprint density at radius 1 is 1.57 bits per heavy atom. The normalized spacial score (nSPS) is 13.1. The quantitative estimate of drug-likeness (QED) is 0.839. The average Bonchev–Trinajstić information content (AvgIpc) is 2.52. The van der Waals surface area contributed by atoms with E-state index < -0.39 is 0 Å². The van der Waals surface area contributed by atoms with Crippen LogP contribution in [-0.2, 0) is 6.54 Å². The Balaban J connectivity index is 2.15. The maximum Gasteiger partial charge on any atom is 0.0701 e. The molecule has 1 atom stereocenters. The van der Waals surface area contributed by atoms with E-state index in [4.69, 9.17) is 5.73 Å². The number of halogens is 1. The molecule has 1 rings (SSSR count). The van der Waals surface area contributed by atoms with Gasteiger partial charge in [0.2, 0.25) is 0 Å². The van der Waals surface area contributed by atoms with Crippen LogP contribution in [0.2, 0.25) is 0 Å². The molecule has 2 nitrogen and oxygen atoms in total. The van der Waals surface area contributed by atoms with Crippen LogP contribution in [0.3, 0.4) is 0 Å². The zero-order chi connectivity index (χ0) is 10.4. The third kappa shape index (κ3) is 4.55. The fourth-order valence-electron chi connectivity index (χ4n) is 1.30. The van der Waals surface area contributed by atoms with Gasteiger partial charge in [-0.25, -0.2) is 0 Å². The van der Waals surface area contributed by atoms with Crippen molar-refractivity contribution < 1.29 is 0 Å². The molecule has 3 N–H and O–H groups in total. The fourth-order valence-corrected chi connectivity index (χ4v) is 2.75. The summed E-state index contributed by atoms with van der Waals surface area (Å²) in [5, 5.41) is 3.36. The highest BCUT2D eigenvalue weighted by Crippen LogP contribution is 2.21. The van der Waals surface area contributed by atoms with Crippen molar-refractivity contribution in [1.29, 1.82) is 0 Å². The van der Waals surface area contributed by atoms with E-state index in [-0.39, 0.29) is 0 Å². The molecule has 0 amide bonds. The summed E-state index contributed by atoms with van der Waals surface area (Å²) in [5.41, 5.74) is 5.89. The number of hydrogen-bond acceptors (Lipinski definition) is 3. The number of rotatable bonds is 6. The first-order valence-corrected chi connectivity index (χ1v) is 6.54. The molecular weight excluding hydrogens is 260 g/mol. The largest absolute Gasteiger partial charge is 0.327 e. The van der Waals surface area contributed by atoms with Gasteiger partial charge in [0.05, 0.1) is 3.79 Å². The molecule has 0 fully saturated rings. The van der Waals surface area contributed by atoms with Crippen molar-refractivity contribution in [2.75, 3.05) is 6.54 Å². The third-order valence-corrected chi connectivity index (χ3v) is 3.62. The van der Waals surface area contributed by atoms with Crippen LogP contribution in [0.15, 0.2) is 15.9 Å². The van der Waals surface area contributed by atoms with Gasteiger partial charge in [-0.2, -0.15) is 0 Å². The molecule has 0 aliphatic rings. The number of nitrogens with two attached hydrogens (primary N) is 1. The Hall–Kier alpha value is 0.1000. The van der Waals surface area contributed by atoms with Crippen molar-refractivity contribution in [2.45, 2.75) is 32.4 Å². The van der Waals surface area contributed by atoms with Crippen LogP contribution in [0, 0.1) is 0 Å². The molecule has 80 valence electrons. The number of hydrogen-bond donors (Lipinski definition) is 2. The molecule has 1 aromatic heterocycles. The molecule has 1 unspecified atom stereocenters. The smallest absolute Gasteiger partial charge is 0.0701 e. The van der Waals surface area contributed by atoms with Crippen molar-refractivity contribution in [1.82, 2.24) is 5.32 Å². The third-order valence-electron chi connectivity index (χ3n) is 1.99. The number of thiophene rings is 1. The lowest BCUT2D eigenvalue weighted by Gasteiger charge is -2.10. The first kappa shape index (κ1) is 12.2. The molecular formula is C10H17BrN2S. The van der Waals surface area contributed by atoms with Gasteiger partial charge < -0.3 is 11.1 Å². The molecule has 0 aliphatic carbocycles. The highest BCUT2D eigenvalue weighted by atomic mass is 79.9. The van der Waals surface area contributed by atoms with Crippen LogP contribution in [0.1, 0.15) is 24.6 Å². The summed E-state index contributed by atoms with van der Waals surface area (Å²) in [6, 6.07) is 4.50. The van der Waals surface area contributed by atoms with Gasteiger partial charge in [0.1, 0.15) is 0 Å². The molecule has 0 aliphatic heterocycles. The van der Waals surface area contributed by atoms with Gasteiger partial charge in [-0.15, -0.1) is 11.3 Å². The van der Waals surface area contributed by atoms with Gasteiger partial charge in [0.25, 0.3) is 0 Å². The van der Waals surface area contributed by atoms with Crippen LogP contribution in [0.25, 0.3) is 0 Å². The van der Waals surface area contributed by atoms with E-state index in [0.29, 0.717) is 6.04 Å². The van der Waals surface area contributed by atoms with Crippen LogP contribution in [0.5, 0.6) is 0 Å². The van der Waals surface area contributed by atoms with E-state index in [9.17, 15) is 0 Å². The van der Waals surface area contributed by atoms with Crippen LogP contribution in [0.4, 0.5) is 0 Å². The summed E-state index contributed by atoms with van der Waals surface area (Å²) in [6.45, 7) is 3.99. The van der Waals surface area contributed by atoms with Crippen molar-refractivity contribution in [3.05, 3.63) is 20.8 Å². The van der Waals surface area contributed by atoms with Crippen molar-refractivity contribution in [3.63, 3.8) is 0 Å². The van der Waals surface area contributed by atoms with E-state index in [0.717, 1.165) is 25.9 Å². The SMILES string of the molecule is CCCC(N)CNCc1ccc(Br)s1. The predicted octanol–water partition coefficient (Wildman–Crippen LogP) is 2.73. The minimum atomic E-state index is 0.295. The van der Waals surface area contributed by atoms with Gasteiger partial charge in [-0.1, -0.05) is 13.3 Å². The zero-order valence-electron chi connectivity index (χ0n) is 8.42. The summed E-state index contributed by atoms with van der Waals surface area (Å²) in [6.07, 6.45) is 2.26. The van der Waals surface area contributed by atoms with E-state index in [2.05, 4.69) is 40.3 Å². The lowest BCUT2D eigenvalue weighted by Crippen LogP contribution is -2.33. The summed E-state index contributed by atoms with van der Waals surface area (Å²) < 4.78 is 1.19. The first-order chi connectivity index (χ1) is 6.72. The Bertz CT molecular complexity index is 262. The zero-order valence-corrected chi connectivity index (χ0v) is 10.8. The van der Waals surface area contributed by atoms with Crippen molar-refractivity contribution in [3.8, 4) is 0 Å². The van der Waals surface area contributed by atoms with Gasteiger partial charge in [0, 0.05) is 24.0 Å². The highest BCUT2D eigenvalue weighted by molar-refractivity contribution is 9.11. The van der Waals surface area contributed by atoms with Gasteiger partial charge in [-0.3, -0.25) is 0 Å². The fraction of sp³-hybridized carbons (Fsp3) is 0.600. The first-order valence-electron chi connectivity index (χ1n) is 4.93. The molecule has 0 spiro atoms. The molecule has 0 saturated heterocycles. The summed E-state index contributed by atoms with van der Waals surface area (Å²) in [4.78, 5) is 1.35. The molecule has 0 radical (unpaired) electrons. The Labute approximate surface area is 98.0 Å². The lowest BCUT2D eigenvalue weighted by atomic mass is 10.2. The predicted molar refractivity (Wildman–Crippen MR) is 66.6 cm³/mol. The highest BCUT2D eigenvalue weighted by Gasteiger charge is 2.01. The van der Waals surface area contributed by atoms with Gasteiger partial charge in [-0.05, 0) is 34.5 Å². The monoisotopic (exact) mass is 276 g/mol. The Morgan fingerprint density at radius 2 is 2.36 bits per heavy atom. The molecule has 0 aromatic carbocycles. The van der Waals surface area contributed by atoms with Gasteiger partial charge >= 0.3 is 0 Å². The van der Waals surface area contributed by atoms with E-state index in [1.807, 2.05) is 0 Å². The maximum absolute atomic E-state index is 5.89. The second-order valence-corrected chi connectivity index (χ2v) is 5.93. The summed E-state index contributed by atoms with van der Waals surface area (Å²) in [5.74, 6) is 0. The van der Waals surface area contributed by atoms with Crippen LogP contribution >= 0.6 is 27.3 Å². The molecule has 1 aromatic rings. The molecule has 4 heteroatoms. The summed E-state index contributed by atoms with van der Waals surface area (Å²) in [7, 11) is 0. The topological polar surface area (TPSA) is 38.0 Å².